The van der Waals surface area contributed by atoms with Crippen LogP contribution < -0.4 is 35.9 Å². The van der Waals surface area contributed by atoms with Gasteiger partial charge in [-0.3, -0.25) is 14.4 Å². The standard InChI is InChI=1S/C35H32BrN5O10/c1-38-23-15-27(50-4)26(49-3)14-21(23)37-20(33(38)45)7-8-39-34(46)40-9-6-17-22(41(40)35(39)47)12-18-29(25(43)13-19(36)32(18)44)30(17)31-24(42)10-16(48-2)11-28(31)51-5/h6,10-11,13-15,22,30,42H,7-9,12H2,1-5H3. The Morgan fingerprint density at radius 2 is 1.63 bits per heavy atom. The number of hydrogen-bond acceptors (Lipinski definition) is 11. The van der Waals surface area contributed by atoms with Gasteiger partial charge in [-0.25, -0.2) is 28.5 Å². The van der Waals surface area contributed by atoms with E-state index in [1.807, 2.05) is 0 Å². The zero-order chi connectivity index (χ0) is 36.5. The molecule has 15 nitrogen and oxygen atoms in total. The number of Topliss-reactive ketones (excluding diaryl/α,β-unsaturated/α-hetero) is 1. The van der Waals surface area contributed by atoms with Crippen molar-refractivity contribution in [1.82, 2.24) is 23.5 Å². The number of allylic oxidation sites excluding steroid dienone is 6. The van der Waals surface area contributed by atoms with Crippen LogP contribution in [0.2, 0.25) is 0 Å². The Bertz CT molecular complexity index is 2480. The van der Waals surface area contributed by atoms with Gasteiger partial charge in [-0.2, -0.15) is 0 Å². The van der Waals surface area contributed by atoms with E-state index in [4.69, 9.17) is 18.9 Å². The molecule has 16 heteroatoms. The summed E-state index contributed by atoms with van der Waals surface area (Å²) in [7, 11) is 7.40. The first-order chi connectivity index (χ1) is 24.4. The van der Waals surface area contributed by atoms with Crippen molar-refractivity contribution in [1.29, 1.82) is 0 Å². The van der Waals surface area contributed by atoms with Crippen molar-refractivity contribution in [2.45, 2.75) is 37.9 Å². The molecule has 51 heavy (non-hydrogen) atoms. The highest BCUT2D eigenvalue weighted by atomic mass is 79.9. The van der Waals surface area contributed by atoms with Gasteiger partial charge in [-0.05, 0) is 21.5 Å². The molecule has 264 valence electrons. The normalized spacial score (nSPS) is 18.2. The molecule has 0 radical (unpaired) electrons. The third-order valence-electron chi connectivity index (χ3n) is 9.74. The van der Waals surface area contributed by atoms with Gasteiger partial charge in [0, 0.05) is 79.4 Å². The summed E-state index contributed by atoms with van der Waals surface area (Å²) < 4.78 is 26.8. The van der Waals surface area contributed by atoms with Gasteiger partial charge in [-0.1, -0.05) is 6.08 Å². The number of nitrogens with zero attached hydrogens (tertiary/aromatic N) is 5. The fourth-order valence-electron chi connectivity index (χ4n) is 7.30. The second-order valence-electron chi connectivity index (χ2n) is 12.2. The molecule has 0 spiro atoms. The lowest BCUT2D eigenvalue weighted by molar-refractivity contribution is -0.115. The summed E-state index contributed by atoms with van der Waals surface area (Å²) in [5.41, 5.74) is 0.459. The Labute approximate surface area is 297 Å². The first kappa shape index (κ1) is 33.8. The van der Waals surface area contributed by atoms with E-state index in [0.717, 1.165) is 4.57 Å². The number of hydrogen-bond donors (Lipinski definition) is 1. The Morgan fingerprint density at radius 1 is 0.922 bits per heavy atom. The number of aryl methyl sites for hydroxylation is 2. The first-order valence-electron chi connectivity index (χ1n) is 15.8. The average Bonchev–Trinajstić information content (AvgIpc) is 3.37. The van der Waals surface area contributed by atoms with E-state index < -0.39 is 40.5 Å². The van der Waals surface area contributed by atoms with E-state index in [2.05, 4.69) is 20.9 Å². The Morgan fingerprint density at radius 3 is 2.31 bits per heavy atom. The van der Waals surface area contributed by atoms with E-state index >= 15 is 0 Å². The minimum absolute atomic E-state index is 0.0372. The highest BCUT2D eigenvalue weighted by molar-refractivity contribution is 9.12. The molecule has 1 aliphatic heterocycles. The third kappa shape index (κ3) is 5.15. The van der Waals surface area contributed by atoms with Crippen LogP contribution in [0.3, 0.4) is 0 Å². The summed E-state index contributed by atoms with van der Waals surface area (Å²) >= 11 is 3.20. The molecule has 2 aromatic heterocycles. The van der Waals surface area contributed by atoms with E-state index in [1.165, 1.54) is 54.5 Å². The molecular formula is C35H32BrN5O10. The molecule has 1 N–H and O–H groups in total. The lowest BCUT2D eigenvalue weighted by Gasteiger charge is -2.39. The number of methoxy groups -OCH3 is 4. The van der Waals surface area contributed by atoms with Crippen molar-refractivity contribution < 1.29 is 33.6 Å². The lowest BCUT2D eigenvalue weighted by atomic mass is 9.68. The lowest BCUT2D eigenvalue weighted by Crippen LogP contribution is -2.40. The highest BCUT2D eigenvalue weighted by Gasteiger charge is 2.46. The van der Waals surface area contributed by atoms with Crippen LogP contribution in [0.5, 0.6) is 28.7 Å². The summed E-state index contributed by atoms with van der Waals surface area (Å²) in [6, 6.07) is 5.35. The molecule has 0 bridgehead atoms. The van der Waals surface area contributed by atoms with Crippen molar-refractivity contribution in [3.63, 3.8) is 0 Å². The van der Waals surface area contributed by atoms with Gasteiger partial charge in [0.1, 0.15) is 22.9 Å². The topological polar surface area (TPSA) is 175 Å². The summed E-state index contributed by atoms with van der Waals surface area (Å²) in [5, 5.41) is 11.3. The number of carbonyl (C=O) groups is 2. The first-order valence-corrected chi connectivity index (χ1v) is 16.6. The monoisotopic (exact) mass is 761 g/mol. The fraction of sp³-hybridized carbons (Fsp3) is 0.314. The molecule has 2 aromatic carbocycles. The summed E-state index contributed by atoms with van der Waals surface area (Å²) in [6.45, 7) is -0.200. The SMILES string of the molecule is COc1cc(O)c(C2C3=CCn4c(=O)n(CCc5nc6cc(OC)c(OC)cc6n(C)c5=O)c(=O)n4C3CC3=C2C(=O)C=C(Br)C3=O)c(OC)c1. The fourth-order valence-corrected chi connectivity index (χ4v) is 7.75. The molecule has 2 aliphatic carbocycles. The van der Waals surface area contributed by atoms with Gasteiger partial charge in [0.15, 0.2) is 23.1 Å². The predicted molar refractivity (Wildman–Crippen MR) is 186 cm³/mol. The van der Waals surface area contributed by atoms with Gasteiger partial charge in [0.05, 0.1) is 56.5 Å². The Hall–Kier alpha value is -5.64. The minimum atomic E-state index is -0.993. The molecule has 3 aliphatic rings. The van der Waals surface area contributed by atoms with Crippen LogP contribution in [-0.2, 0) is 36.1 Å². The second-order valence-corrected chi connectivity index (χ2v) is 13.1. The van der Waals surface area contributed by atoms with Gasteiger partial charge >= 0.3 is 11.4 Å². The summed E-state index contributed by atoms with van der Waals surface area (Å²) in [4.78, 5) is 73.1. The van der Waals surface area contributed by atoms with E-state index in [-0.39, 0.29) is 64.3 Å². The number of phenolic OH excluding ortho intramolecular Hbond substituents is 1. The maximum absolute atomic E-state index is 14.2. The van der Waals surface area contributed by atoms with Crippen molar-refractivity contribution in [2.75, 3.05) is 28.4 Å². The van der Waals surface area contributed by atoms with E-state index in [0.29, 0.717) is 33.9 Å². The van der Waals surface area contributed by atoms with Crippen molar-refractivity contribution in [3.05, 3.63) is 100 Å². The smallest absolute Gasteiger partial charge is 0.347 e. The van der Waals surface area contributed by atoms with Crippen LogP contribution in [-0.4, -0.2) is 68.6 Å². The van der Waals surface area contributed by atoms with E-state index in [9.17, 15) is 29.1 Å². The zero-order valence-electron chi connectivity index (χ0n) is 28.2. The number of ketones is 2. The number of rotatable bonds is 8. The molecule has 4 aromatic rings. The van der Waals surface area contributed by atoms with Crippen molar-refractivity contribution >= 4 is 38.5 Å². The van der Waals surface area contributed by atoms with Crippen LogP contribution in [0.4, 0.5) is 0 Å². The van der Waals surface area contributed by atoms with Crippen LogP contribution in [0.1, 0.15) is 29.6 Å². The molecule has 0 amide bonds. The van der Waals surface area contributed by atoms with E-state index in [1.54, 1.807) is 31.3 Å². The Balaban J connectivity index is 1.32. The minimum Gasteiger partial charge on any atom is -0.507 e. The van der Waals surface area contributed by atoms with Crippen LogP contribution >= 0.6 is 15.9 Å². The van der Waals surface area contributed by atoms with Gasteiger partial charge < -0.3 is 28.6 Å². The maximum atomic E-state index is 14.2. The summed E-state index contributed by atoms with van der Waals surface area (Å²) in [6.07, 6.45) is 2.83. The van der Waals surface area contributed by atoms with Crippen molar-refractivity contribution in [3.8, 4) is 28.7 Å². The second kappa shape index (κ2) is 12.6. The molecule has 2 atom stereocenters. The van der Waals surface area contributed by atoms with Gasteiger partial charge in [0.25, 0.3) is 5.56 Å². The van der Waals surface area contributed by atoms with Crippen molar-refractivity contribution in [2.24, 2.45) is 7.05 Å². The number of ether oxygens (including phenoxy) is 4. The van der Waals surface area contributed by atoms with Crippen LogP contribution in [0.15, 0.2) is 72.0 Å². The molecule has 0 saturated carbocycles. The number of aromatic hydroxyl groups is 1. The number of aromatic nitrogens is 5. The molecular weight excluding hydrogens is 730 g/mol. The zero-order valence-corrected chi connectivity index (χ0v) is 29.8. The Kier molecular flexibility index (Phi) is 8.36. The summed E-state index contributed by atoms with van der Waals surface area (Å²) in [5.74, 6) is -0.765. The number of phenols is 1. The maximum Gasteiger partial charge on any atom is 0.347 e. The third-order valence-corrected chi connectivity index (χ3v) is 10.3. The molecule has 0 saturated heterocycles. The molecule has 2 unspecified atom stereocenters. The highest BCUT2D eigenvalue weighted by Crippen LogP contribution is 2.54. The van der Waals surface area contributed by atoms with Crippen LogP contribution in [0.25, 0.3) is 11.0 Å². The number of carbonyl (C=O) groups excluding carboxylic acids is 2. The largest absolute Gasteiger partial charge is 0.507 e. The number of benzene rings is 2. The quantitative estimate of drug-likeness (QED) is 0.206. The van der Waals surface area contributed by atoms with Crippen LogP contribution in [0, 0.1) is 0 Å². The van der Waals surface area contributed by atoms with Gasteiger partial charge in [0.2, 0.25) is 0 Å². The molecule has 0 fully saturated rings. The predicted octanol–water partition coefficient (Wildman–Crippen LogP) is 2.44. The molecule has 7 rings (SSSR count). The number of halogens is 1. The number of fused-ring (bicyclic) bond motifs is 4. The van der Waals surface area contributed by atoms with Gasteiger partial charge in [-0.15, -0.1) is 0 Å². The molecule has 3 heterocycles. The average molecular weight is 763 g/mol.